The Bertz CT molecular complexity index is 996. The first-order chi connectivity index (χ1) is 13.3. The molecular weight excluding hydrogens is 352 g/mol. The first-order valence-electron chi connectivity index (χ1n) is 9.22. The van der Waals surface area contributed by atoms with Gasteiger partial charge >= 0.3 is 0 Å². The minimum absolute atomic E-state index is 0.774. The SMILES string of the molecule is CCc1cnc(N(CCc2cscn2)Cc2ccc3ccccc3c2)nc1. The van der Waals surface area contributed by atoms with E-state index in [9.17, 15) is 0 Å². The molecule has 4 rings (SSSR count). The van der Waals surface area contributed by atoms with Crippen molar-refractivity contribution in [3.05, 3.63) is 82.6 Å². The van der Waals surface area contributed by atoms with E-state index in [1.54, 1.807) is 11.3 Å². The number of hydrogen-bond donors (Lipinski definition) is 0. The summed E-state index contributed by atoms with van der Waals surface area (Å²) >= 11 is 1.64. The fourth-order valence-electron chi connectivity index (χ4n) is 3.11. The van der Waals surface area contributed by atoms with Crippen LogP contribution in [-0.4, -0.2) is 21.5 Å². The van der Waals surface area contributed by atoms with Crippen molar-refractivity contribution in [1.82, 2.24) is 15.0 Å². The summed E-state index contributed by atoms with van der Waals surface area (Å²) < 4.78 is 0. The van der Waals surface area contributed by atoms with Crippen molar-refractivity contribution in [2.75, 3.05) is 11.4 Å². The van der Waals surface area contributed by atoms with Gasteiger partial charge in [0.15, 0.2) is 0 Å². The molecule has 136 valence electrons. The maximum absolute atomic E-state index is 4.61. The Morgan fingerprint density at radius 2 is 1.74 bits per heavy atom. The van der Waals surface area contributed by atoms with Crippen molar-refractivity contribution in [3.63, 3.8) is 0 Å². The predicted octanol–water partition coefficient (Wildman–Crippen LogP) is 4.90. The third kappa shape index (κ3) is 4.31. The molecule has 0 aliphatic heterocycles. The summed E-state index contributed by atoms with van der Waals surface area (Å²) in [4.78, 5) is 15.9. The minimum Gasteiger partial charge on any atom is -0.336 e. The fraction of sp³-hybridized carbons (Fsp3) is 0.227. The number of hydrogen-bond acceptors (Lipinski definition) is 5. The van der Waals surface area contributed by atoms with Gasteiger partial charge in [-0.25, -0.2) is 15.0 Å². The molecule has 0 fully saturated rings. The van der Waals surface area contributed by atoms with E-state index in [2.05, 4.69) is 74.6 Å². The Kier molecular flexibility index (Phi) is 5.39. The van der Waals surface area contributed by atoms with Crippen LogP contribution < -0.4 is 4.90 Å². The van der Waals surface area contributed by atoms with Crippen molar-refractivity contribution in [3.8, 4) is 0 Å². The number of aromatic nitrogens is 3. The third-order valence-electron chi connectivity index (χ3n) is 4.69. The smallest absolute Gasteiger partial charge is 0.225 e. The number of anilines is 1. The quantitative estimate of drug-likeness (QED) is 0.461. The lowest BCUT2D eigenvalue weighted by molar-refractivity contribution is 0.743. The molecule has 0 amide bonds. The van der Waals surface area contributed by atoms with Gasteiger partial charge in [-0.3, -0.25) is 0 Å². The highest BCUT2D eigenvalue weighted by atomic mass is 32.1. The highest BCUT2D eigenvalue weighted by molar-refractivity contribution is 7.07. The fourth-order valence-corrected chi connectivity index (χ4v) is 3.70. The number of fused-ring (bicyclic) bond motifs is 1. The van der Waals surface area contributed by atoms with Gasteiger partial charge in [-0.1, -0.05) is 43.3 Å². The highest BCUT2D eigenvalue weighted by Gasteiger charge is 2.12. The van der Waals surface area contributed by atoms with Crippen LogP contribution in [0.2, 0.25) is 0 Å². The lowest BCUT2D eigenvalue weighted by Gasteiger charge is -2.22. The van der Waals surface area contributed by atoms with Crippen LogP contribution >= 0.6 is 11.3 Å². The Labute approximate surface area is 163 Å². The molecule has 2 aromatic carbocycles. The normalized spacial score (nSPS) is 11.0. The molecule has 5 heteroatoms. The first kappa shape index (κ1) is 17.6. The molecule has 0 unspecified atom stereocenters. The number of thiazole rings is 1. The van der Waals surface area contributed by atoms with Gasteiger partial charge < -0.3 is 4.90 Å². The molecule has 0 atom stereocenters. The van der Waals surface area contributed by atoms with Gasteiger partial charge in [0.25, 0.3) is 0 Å². The van der Waals surface area contributed by atoms with Gasteiger partial charge in [-0.05, 0) is 34.4 Å². The van der Waals surface area contributed by atoms with Crippen molar-refractivity contribution in [2.24, 2.45) is 0 Å². The molecule has 0 radical (unpaired) electrons. The topological polar surface area (TPSA) is 41.9 Å². The summed E-state index contributed by atoms with van der Waals surface area (Å²) in [5, 5.41) is 4.63. The van der Waals surface area contributed by atoms with E-state index in [1.165, 1.54) is 16.3 Å². The molecule has 0 saturated heterocycles. The first-order valence-corrected chi connectivity index (χ1v) is 10.2. The average Bonchev–Trinajstić information content (AvgIpc) is 3.25. The van der Waals surface area contributed by atoms with Gasteiger partial charge in [0, 0.05) is 37.3 Å². The standard InChI is InChI=1S/C22H22N4S/c1-2-17-12-23-22(24-13-17)26(10-9-21-15-27-16-25-21)14-18-7-8-19-5-3-4-6-20(19)11-18/h3-8,11-13,15-16H,2,9-10,14H2,1H3. The predicted molar refractivity (Wildman–Crippen MR) is 112 cm³/mol. The summed E-state index contributed by atoms with van der Waals surface area (Å²) in [5.74, 6) is 0.774. The second kappa shape index (κ2) is 8.27. The van der Waals surface area contributed by atoms with Gasteiger partial charge in [-0.2, -0.15) is 0 Å². The van der Waals surface area contributed by atoms with Crippen LogP contribution in [0.4, 0.5) is 5.95 Å². The zero-order valence-corrected chi connectivity index (χ0v) is 16.2. The molecule has 2 heterocycles. The molecule has 2 aromatic heterocycles. The van der Waals surface area contributed by atoms with E-state index in [1.807, 2.05) is 17.9 Å². The number of nitrogens with zero attached hydrogens (tertiary/aromatic N) is 4. The second-order valence-corrected chi connectivity index (χ2v) is 7.30. The van der Waals surface area contributed by atoms with E-state index in [0.717, 1.165) is 43.1 Å². The summed E-state index contributed by atoms with van der Waals surface area (Å²) in [7, 11) is 0. The maximum atomic E-state index is 4.61. The molecule has 0 N–H and O–H groups in total. The van der Waals surface area contributed by atoms with Gasteiger partial charge in [0.05, 0.1) is 11.2 Å². The Balaban J connectivity index is 1.58. The van der Waals surface area contributed by atoms with E-state index >= 15 is 0 Å². The summed E-state index contributed by atoms with van der Waals surface area (Å²) in [5.41, 5.74) is 5.42. The molecule has 0 bridgehead atoms. The van der Waals surface area contributed by atoms with Crippen LogP contribution in [0.25, 0.3) is 10.8 Å². The summed E-state index contributed by atoms with van der Waals surface area (Å²) in [6.45, 7) is 3.73. The second-order valence-electron chi connectivity index (χ2n) is 6.58. The Morgan fingerprint density at radius 1 is 0.926 bits per heavy atom. The van der Waals surface area contributed by atoms with Crippen LogP contribution in [0.1, 0.15) is 23.7 Å². The van der Waals surface area contributed by atoms with Crippen LogP contribution in [0.15, 0.2) is 65.7 Å². The minimum atomic E-state index is 0.774. The van der Waals surface area contributed by atoms with E-state index in [4.69, 9.17) is 0 Å². The van der Waals surface area contributed by atoms with Crippen molar-refractivity contribution in [1.29, 1.82) is 0 Å². The van der Waals surface area contributed by atoms with E-state index in [0.29, 0.717) is 0 Å². The summed E-state index contributed by atoms with van der Waals surface area (Å²) in [6, 6.07) is 15.1. The highest BCUT2D eigenvalue weighted by Crippen LogP contribution is 2.19. The molecule has 4 nitrogen and oxygen atoms in total. The number of aryl methyl sites for hydroxylation is 1. The van der Waals surface area contributed by atoms with Crippen LogP contribution in [0.3, 0.4) is 0 Å². The molecule has 0 saturated carbocycles. The Hall–Kier alpha value is -2.79. The molecule has 0 aliphatic rings. The zero-order chi connectivity index (χ0) is 18.5. The van der Waals surface area contributed by atoms with Crippen LogP contribution in [0.5, 0.6) is 0 Å². The molecule has 0 spiro atoms. The van der Waals surface area contributed by atoms with Gasteiger partial charge in [-0.15, -0.1) is 11.3 Å². The Morgan fingerprint density at radius 3 is 2.48 bits per heavy atom. The number of benzene rings is 2. The lowest BCUT2D eigenvalue weighted by atomic mass is 10.1. The van der Waals surface area contributed by atoms with E-state index in [-0.39, 0.29) is 0 Å². The van der Waals surface area contributed by atoms with Crippen molar-refractivity contribution >= 4 is 28.1 Å². The third-order valence-corrected chi connectivity index (χ3v) is 5.33. The van der Waals surface area contributed by atoms with Crippen molar-refractivity contribution in [2.45, 2.75) is 26.3 Å². The maximum Gasteiger partial charge on any atom is 0.225 e. The molecule has 0 aliphatic carbocycles. The molecular formula is C22H22N4S. The van der Waals surface area contributed by atoms with Gasteiger partial charge in [0.1, 0.15) is 0 Å². The molecule has 4 aromatic rings. The summed E-state index contributed by atoms with van der Waals surface area (Å²) in [6.07, 6.45) is 5.69. The average molecular weight is 375 g/mol. The van der Waals surface area contributed by atoms with Crippen LogP contribution in [0, 0.1) is 0 Å². The monoisotopic (exact) mass is 374 g/mol. The van der Waals surface area contributed by atoms with E-state index < -0.39 is 0 Å². The molecule has 27 heavy (non-hydrogen) atoms. The number of rotatable bonds is 7. The van der Waals surface area contributed by atoms with Gasteiger partial charge in [0.2, 0.25) is 5.95 Å². The van der Waals surface area contributed by atoms with Crippen LogP contribution in [-0.2, 0) is 19.4 Å². The zero-order valence-electron chi connectivity index (χ0n) is 15.4. The largest absolute Gasteiger partial charge is 0.336 e. The van der Waals surface area contributed by atoms with Crippen molar-refractivity contribution < 1.29 is 0 Å². The lowest BCUT2D eigenvalue weighted by Crippen LogP contribution is -2.27.